The molecule has 0 saturated heterocycles. The Hall–Kier alpha value is -2.03. The molecule has 0 bridgehead atoms. The summed E-state index contributed by atoms with van der Waals surface area (Å²) < 4.78 is 2.24. The topological polar surface area (TPSA) is 25.2 Å². The molecule has 0 radical (unpaired) electrons. The molecule has 3 heteroatoms. The third-order valence-electron chi connectivity index (χ3n) is 4.07. The van der Waals surface area contributed by atoms with Gasteiger partial charge in [0.05, 0.1) is 6.54 Å². The first-order valence-electron chi connectivity index (χ1n) is 8.70. The predicted molar refractivity (Wildman–Crippen MR) is 95.2 cm³/mol. The van der Waals surface area contributed by atoms with Crippen molar-refractivity contribution in [3.8, 4) is 0 Å². The van der Waals surface area contributed by atoms with Gasteiger partial charge in [-0.15, -0.1) is 0 Å². The van der Waals surface area contributed by atoms with E-state index in [0.29, 0.717) is 13.0 Å². The molecule has 0 aliphatic rings. The van der Waals surface area contributed by atoms with Crippen molar-refractivity contribution in [2.24, 2.45) is 0 Å². The van der Waals surface area contributed by atoms with Crippen LogP contribution in [0.3, 0.4) is 0 Å². The molecule has 0 saturated carbocycles. The maximum atomic E-state index is 12.4. The number of benzene rings is 1. The SMILES string of the molecule is CCCCN(Cc1cccn1Cc1ccccc1)C(=O)CCC. The summed E-state index contributed by atoms with van der Waals surface area (Å²) in [7, 11) is 0. The average Bonchev–Trinajstić information content (AvgIpc) is 2.99. The Balaban J connectivity index is 2.07. The Morgan fingerprint density at radius 3 is 2.52 bits per heavy atom. The zero-order valence-electron chi connectivity index (χ0n) is 14.4. The summed E-state index contributed by atoms with van der Waals surface area (Å²) in [4.78, 5) is 14.4. The minimum absolute atomic E-state index is 0.272. The van der Waals surface area contributed by atoms with E-state index in [1.165, 1.54) is 11.3 Å². The van der Waals surface area contributed by atoms with Crippen molar-refractivity contribution >= 4 is 5.91 Å². The third-order valence-corrected chi connectivity index (χ3v) is 4.07. The van der Waals surface area contributed by atoms with Crippen molar-refractivity contribution < 1.29 is 4.79 Å². The summed E-state index contributed by atoms with van der Waals surface area (Å²) >= 11 is 0. The highest BCUT2D eigenvalue weighted by Gasteiger charge is 2.14. The van der Waals surface area contributed by atoms with Gasteiger partial charge in [-0.25, -0.2) is 0 Å². The molecule has 0 aliphatic heterocycles. The van der Waals surface area contributed by atoms with E-state index in [9.17, 15) is 4.79 Å². The fourth-order valence-corrected chi connectivity index (χ4v) is 2.74. The van der Waals surface area contributed by atoms with Gasteiger partial charge in [-0.1, -0.05) is 50.6 Å². The largest absolute Gasteiger partial charge is 0.345 e. The third kappa shape index (κ3) is 5.27. The monoisotopic (exact) mass is 312 g/mol. The molecule has 0 spiro atoms. The van der Waals surface area contributed by atoms with Crippen molar-refractivity contribution in [3.05, 3.63) is 59.9 Å². The van der Waals surface area contributed by atoms with Gasteiger partial charge in [0.25, 0.3) is 0 Å². The fraction of sp³-hybridized carbons (Fsp3) is 0.450. The number of unbranched alkanes of at least 4 members (excludes halogenated alkanes) is 1. The van der Waals surface area contributed by atoms with Crippen LogP contribution in [0.5, 0.6) is 0 Å². The smallest absolute Gasteiger partial charge is 0.222 e. The van der Waals surface area contributed by atoms with Gasteiger partial charge in [0, 0.05) is 31.4 Å². The van der Waals surface area contributed by atoms with Crippen LogP contribution in [0.1, 0.15) is 50.8 Å². The standard InChI is InChI=1S/C20H28N2O/c1-3-5-14-22(20(23)10-4-2)17-19-13-9-15-21(19)16-18-11-7-6-8-12-18/h6-9,11-13,15H,3-5,10,14,16-17H2,1-2H3. The fourth-order valence-electron chi connectivity index (χ4n) is 2.74. The number of hydrogen-bond donors (Lipinski definition) is 0. The van der Waals surface area contributed by atoms with E-state index in [0.717, 1.165) is 32.4 Å². The first-order chi connectivity index (χ1) is 11.2. The normalized spacial score (nSPS) is 10.7. The van der Waals surface area contributed by atoms with Crippen LogP contribution in [0.25, 0.3) is 0 Å². The number of carbonyl (C=O) groups excluding carboxylic acids is 1. The van der Waals surface area contributed by atoms with Crippen LogP contribution in [0.2, 0.25) is 0 Å². The van der Waals surface area contributed by atoms with Crippen LogP contribution in [0, 0.1) is 0 Å². The number of nitrogens with zero attached hydrogens (tertiary/aromatic N) is 2. The van der Waals surface area contributed by atoms with Crippen LogP contribution in [0.15, 0.2) is 48.7 Å². The molecule has 3 nitrogen and oxygen atoms in total. The number of amides is 1. The van der Waals surface area contributed by atoms with E-state index in [-0.39, 0.29) is 5.91 Å². The maximum absolute atomic E-state index is 12.4. The lowest BCUT2D eigenvalue weighted by Crippen LogP contribution is -2.32. The highest BCUT2D eigenvalue weighted by Crippen LogP contribution is 2.12. The summed E-state index contributed by atoms with van der Waals surface area (Å²) in [5, 5.41) is 0. The average molecular weight is 312 g/mol. The molecule has 2 rings (SSSR count). The van der Waals surface area contributed by atoms with Crippen molar-refractivity contribution in [2.75, 3.05) is 6.54 Å². The van der Waals surface area contributed by atoms with Gasteiger partial charge in [-0.3, -0.25) is 4.79 Å². The molecule has 2 aromatic rings. The molecule has 1 aromatic heterocycles. The Morgan fingerprint density at radius 1 is 1.04 bits per heavy atom. The van der Waals surface area contributed by atoms with E-state index in [1.54, 1.807) is 0 Å². The van der Waals surface area contributed by atoms with Gasteiger partial charge >= 0.3 is 0 Å². The van der Waals surface area contributed by atoms with Crippen LogP contribution in [-0.2, 0) is 17.9 Å². The van der Waals surface area contributed by atoms with Crippen molar-refractivity contribution in [2.45, 2.75) is 52.6 Å². The lowest BCUT2D eigenvalue weighted by Gasteiger charge is -2.23. The van der Waals surface area contributed by atoms with E-state index in [1.807, 2.05) is 11.0 Å². The molecular weight excluding hydrogens is 284 g/mol. The van der Waals surface area contributed by atoms with Crippen molar-refractivity contribution in [1.82, 2.24) is 9.47 Å². The number of rotatable bonds is 9. The van der Waals surface area contributed by atoms with Crippen LogP contribution >= 0.6 is 0 Å². The minimum Gasteiger partial charge on any atom is -0.345 e. The van der Waals surface area contributed by atoms with Crippen LogP contribution < -0.4 is 0 Å². The molecule has 0 fully saturated rings. The van der Waals surface area contributed by atoms with Gasteiger partial charge in [-0.05, 0) is 30.5 Å². The minimum atomic E-state index is 0.272. The van der Waals surface area contributed by atoms with Gasteiger partial charge in [0.2, 0.25) is 5.91 Å². The maximum Gasteiger partial charge on any atom is 0.222 e. The molecule has 1 heterocycles. The molecular formula is C20H28N2O. The van der Waals surface area contributed by atoms with E-state index in [4.69, 9.17) is 0 Å². The summed E-state index contributed by atoms with van der Waals surface area (Å²) in [6, 6.07) is 14.6. The number of carbonyl (C=O) groups is 1. The van der Waals surface area contributed by atoms with Crippen LogP contribution in [-0.4, -0.2) is 21.9 Å². The first-order valence-corrected chi connectivity index (χ1v) is 8.70. The van der Waals surface area contributed by atoms with E-state index in [2.05, 4.69) is 61.0 Å². The summed E-state index contributed by atoms with van der Waals surface area (Å²) in [6.07, 6.45) is 5.83. The zero-order chi connectivity index (χ0) is 16.5. The lowest BCUT2D eigenvalue weighted by atomic mass is 10.2. The quantitative estimate of drug-likeness (QED) is 0.671. The molecule has 0 atom stereocenters. The zero-order valence-corrected chi connectivity index (χ0v) is 14.4. The van der Waals surface area contributed by atoms with Gasteiger partial charge in [0.1, 0.15) is 0 Å². The Morgan fingerprint density at radius 2 is 1.83 bits per heavy atom. The second-order valence-electron chi connectivity index (χ2n) is 6.03. The lowest BCUT2D eigenvalue weighted by molar-refractivity contribution is -0.132. The predicted octanol–water partition coefficient (Wildman–Crippen LogP) is 4.47. The molecule has 0 unspecified atom stereocenters. The molecule has 124 valence electrons. The Kier molecular flexibility index (Phi) is 6.92. The number of aromatic nitrogens is 1. The first kappa shape index (κ1) is 17.3. The summed E-state index contributed by atoms with van der Waals surface area (Å²) in [5.74, 6) is 0.272. The van der Waals surface area contributed by atoms with Gasteiger partial charge in [0.15, 0.2) is 0 Å². The number of hydrogen-bond acceptors (Lipinski definition) is 1. The van der Waals surface area contributed by atoms with Gasteiger partial charge < -0.3 is 9.47 Å². The Labute approximate surface area is 139 Å². The second-order valence-corrected chi connectivity index (χ2v) is 6.03. The molecule has 0 N–H and O–H groups in total. The second kappa shape index (κ2) is 9.19. The van der Waals surface area contributed by atoms with Crippen molar-refractivity contribution in [3.63, 3.8) is 0 Å². The molecule has 0 aliphatic carbocycles. The summed E-state index contributed by atoms with van der Waals surface area (Å²) in [6.45, 7) is 6.64. The molecule has 1 amide bonds. The van der Waals surface area contributed by atoms with E-state index < -0.39 is 0 Å². The highest BCUT2D eigenvalue weighted by molar-refractivity contribution is 5.76. The summed E-state index contributed by atoms with van der Waals surface area (Å²) in [5.41, 5.74) is 2.49. The molecule has 1 aromatic carbocycles. The highest BCUT2D eigenvalue weighted by atomic mass is 16.2. The Bertz CT molecular complexity index is 589. The molecule has 23 heavy (non-hydrogen) atoms. The van der Waals surface area contributed by atoms with Gasteiger partial charge in [-0.2, -0.15) is 0 Å². The van der Waals surface area contributed by atoms with E-state index >= 15 is 0 Å². The van der Waals surface area contributed by atoms with Crippen molar-refractivity contribution in [1.29, 1.82) is 0 Å². The van der Waals surface area contributed by atoms with Crippen LogP contribution in [0.4, 0.5) is 0 Å².